The van der Waals surface area contributed by atoms with Gasteiger partial charge in [-0.25, -0.2) is 0 Å². The van der Waals surface area contributed by atoms with Crippen molar-refractivity contribution >= 4 is 52.4 Å². The van der Waals surface area contributed by atoms with Crippen LogP contribution < -0.4 is 5.32 Å². The lowest BCUT2D eigenvalue weighted by Gasteiger charge is -2.14. The minimum Gasteiger partial charge on any atom is -0.452 e. The number of hydrogen-bond acceptors (Lipinski definition) is 3. The number of amides is 1. The third-order valence-electron chi connectivity index (χ3n) is 2.84. The van der Waals surface area contributed by atoms with Gasteiger partial charge in [0.2, 0.25) is 0 Å². The molecule has 1 N–H and O–H groups in total. The van der Waals surface area contributed by atoms with Crippen LogP contribution in [0.2, 0.25) is 15.1 Å². The second kappa shape index (κ2) is 6.20. The average Bonchev–Trinajstić information content (AvgIpc) is 3.19. The van der Waals surface area contributed by atoms with E-state index in [0.29, 0.717) is 10.7 Å². The van der Waals surface area contributed by atoms with E-state index in [9.17, 15) is 9.59 Å². The number of halogens is 3. The normalized spacial score (nSPS) is 15.6. The monoisotopic (exact) mass is 335 g/mol. The number of ether oxygens (including phenoxy) is 1. The maximum atomic E-state index is 11.9. The van der Waals surface area contributed by atoms with Crippen molar-refractivity contribution in [2.75, 3.05) is 5.32 Å². The summed E-state index contributed by atoms with van der Waals surface area (Å²) in [4.78, 5) is 23.4. The molecule has 0 saturated heterocycles. The standard InChI is InChI=1S/C13H12Cl3NO3/c1-6(20-13(19)7-2-3-7)12(18)17-11-5-9(15)8(14)4-10(11)16/h4-7H,2-3H2,1H3,(H,17,18)/t6-/m0/s1. The molecule has 1 amide bonds. The number of carbonyl (C=O) groups is 2. The summed E-state index contributed by atoms with van der Waals surface area (Å²) in [5.74, 6) is -0.869. The van der Waals surface area contributed by atoms with Crippen molar-refractivity contribution in [3.05, 3.63) is 27.2 Å². The van der Waals surface area contributed by atoms with E-state index >= 15 is 0 Å². The number of esters is 1. The summed E-state index contributed by atoms with van der Waals surface area (Å²) in [6.45, 7) is 1.50. The van der Waals surface area contributed by atoms with Crippen LogP contribution in [-0.4, -0.2) is 18.0 Å². The first-order chi connectivity index (χ1) is 9.38. The van der Waals surface area contributed by atoms with Gasteiger partial charge in [-0.3, -0.25) is 9.59 Å². The summed E-state index contributed by atoms with van der Waals surface area (Å²) in [5, 5.41) is 3.38. The van der Waals surface area contributed by atoms with Crippen LogP contribution in [0.1, 0.15) is 19.8 Å². The minimum absolute atomic E-state index is 0.0567. The summed E-state index contributed by atoms with van der Waals surface area (Å²) < 4.78 is 5.05. The number of nitrogens with one attached hydrogen (secondary N) is 1. The lowest BCUT2D eigenvalue weighted by atomic mass is 10.3. The van der Waals surface area contributed by atoms with Crippen LogP contribution in [0.3, 0.4) is 0 Å². The SMILES string of the molecule is C[C@H](OC(=O)C1CC1)C(=O)Nc1cc(Cl)c(Cl)cc1Cl. The molecule has 1 atom stereocenters. The van der Waals surface area contributed by atoms with Crippen LogP contribution in [0.4, 0.5) is 5.69 Å². The van der Waals surface area contributed by atoms with Gasteiger partial charge in [0.25, 0.3) is 5.91 Å². The molecule has 0 bridgehead atoms. The number of hydrogen-bond donors (Lipinski definition) is 1. The van der Waals surface area contributed by atoms with Gasteiger partial charge in [-0.15, -0.1) is 0 Å². The van der Waals surface area contributed by atoms with Gasteiger partial charge in [-0.2, -0.15) is 0 Å². The average molecular weight is 337 g/mol. The van der Waals surface area contributed by atoms with Gasteiger partial charge in [0.1, 0.15) is 0 Å². The molecule has 108 valence electrons. The van der Waals surface area contributed by atoms with Crippen molar-refractivity contribution in [1.82, 2.24) is 0 Å². The molecular formula is C13H12Cl3NO3. The van der Waals surface area contributed by atoms with Gasteiger partial charge in [-0.05, 0) is 31.9 Å². The van der Waals surface area contributed by atoms with Crippen LogP contribution in [0.5, 0.6) is 0 Å². The second-order valence-corrected chi connectivity index (χ2v) is 5.81. The molecule has 0 spiro atoms. The molecule has 0 aliphatic heterocycles. The van der Waals surface area contributed by atoms with Gasteiger partial charge in [0.15, 0.2) is 6.10 Å². The molecule has 7 heteroatoms. The third kappa shape index (κ3) is 3.78. The second-order valence-electron chi connectivity index (χ2n) is 4.59. The maximum absolute atomic E-state index is 11.9. The quantitative estimate of drug-likeness (QED) is 0.669. The molecule has 0 heterocycles. The van der Waals surface area contributed by atoms with E-state index in [-0.39, 0.29) is 21.9 Å². The highest BCUT2D eigenvalue weighted by Gasteiger charge is 2.33. The van der Waals surface area contributed by atoms with Gasteiger partial charge < -0.3 is 10.1 Å². The lowest BCUT2D eigenvalue weighted by molar-refractivity contribution is -0.154. The highest BCUT2D eigenvalue weighted by Crippen LogP contribution is 2.33. The molecule has 1 aromatic carbocycles. The Bertz CT molecular complexity index is 558. The van der Waals surface area contributed by atoms with E-state index in [1.54, 1.807) is 0 Å². The Morgan fingerprint density at radius 2 is 1.80 bits per heavy atom. The summed E-state index contributed by atoms with van der Waals surface area (Å²) in [6, 6.07) is 2.88. The molecule has 1 saturated carbocycles. The summed E-state index contributed by atoms with van der Waals surface area (Å²) in [5.41, 5.74) is 0.320. The van der Waals surface area contributed by atoms with Crippen molar-refractivity contribution in [2.45, 2.75) is 25.9 Å². The van der Waals surface area contributed by atoms with Crippen LogP contribution in [0.25, 0.3) is 0 Å². The van der Waals surface area contributed by atoms with Crippen LogP contribution >= 0.6 is 34.8 Å². The van der Waals surface area contributed by atoms with Crippen molar-refractivity contribution in [1.29, 1.82) is 0 Å². The Balaban J connectivity index is 1.99. The predicted octanol–water partition coefficient (Wildman–Crippen LogP) is 3.93. The van der Waals surface area contributed by atoms with Crippen LogP contribution in [0, 0.1) is 5.92 Å². The van der Waals surface area contributed by atoms with Crippen molar-refractivity contribution < 1.29 is 14.3 Å². The summed E-state index contributed by atoms with van der Waals surface area (Å²) in [7, 11) is 0. The number of rotatable bonds is 4. The maximum Gasteiger partial charge on any atom is 0.309 e. The fourth-order valence-corrected chi connectivity index (χ4v) is 2.09. The highest BCUT2D eigenvalue weighted by molar-refractivity contribution is 6.44. The van der Waals surface area contributed by atoms with Gasteiger partial charge >= 0.3 is 5.97 Å². The fourth-order valence-electron chi connectivity index (χ4n) is 1.50. The summed E-state index contributed by atoms with van der Waals surface area (Å²) in [6.07, 6.45) is 0.756. The van der Waals surface area contributed by atoms with E-state index in [0.717, 1.165) is 12.8 Å². The molecule has 1 fully saturated rings. The molecule has 0 radical (unpaired) electrons. The van der Waals surface area contributed by atoms with Crippen molar-refractivity contribution in [3.8, 4) is 0 Å². The molecule has 0 aromatic heterocycles. The smallest absolute Gasteiger partial charge is 0.309 e. The zero-order valence-corrected chi connectivity index (χ0v) is 12.9. The number of anilines is 1. The predicted molar refractivity (Wildman–Crippen MR) is 78.4 cm³/mol. The zero-order valence-electron chi connectivity index (χ0n) is 10.6. The highest BCUT2D eigenvalue weighted by atomic mass is 35.5. The van der Waals surface area contributed by atoms with Crippen molar-refractivity contribution in [2.24, 2.45) is 5.92 Å². The first kappa shape index (κ1) is 15.4. The van der Waals surface area contributed by atoms with E-state index in [4.69, 9.17) is 39.5 Å². The topological polar surface area (TPSA) is 55.4 Å². The molecule has 1 aliphatic rings. The third-order valence-corrected chi connectivity index (χ3v) is 3.88. The van der Waals surface area contributed by atoms with Gasteiger partial charge in [-0.1, -0.05) is 34.8 Å². The van der Waals surface area contributed by atoms with E-state index in [1.165, 1.54) is 19.1 Å². The summed E-state index contributed by atoms with van der Waals surface area (Å²) >= 11 is 17.6. The zero-order chi connectivity index (χ0) is 14.9. The molecule has 1 aliphatic carbocycles. The molecule has 1 aromatic rings. The molecule has 2 rings (SSSR count). The Kier molecular flexibility index (Phi) is 4.78. The Hall–Kier alpha value is -0.970. The van der Waals surface area contributed by atoms with E-state index in [2.05, 4.69) is 5.32 Å². The van der Waals surface area contributed by atoms with Crippen molar-refractivity contribution in [3.63, 3.8) is 0 Å². The van der Waals surface area contributed by atoms with E-state index in [1.807, 2.05) is 0 Å². The largest absolute Gasteiger partial charge is 0.452 e. The Labute approximate surface area is 131 Å². The molecular weight excluding hydrogens is 325 g/mol. The van der Waals surface area contributed by atoms with Gasteiger partial charge in [0, 0.05) is 0 Å². The number of benzene rings is 1. The molecule has 20 heavy (non-hydrogen) atoms. The first-order valence-electron chi connectivity index (χ1n) is 6.04. The van der Waals surface area contributed by atoms with Crippen LogP contribution in [-0.2, 0) is 14.3 Å². The molecule has 4 nitrogen and oxygen atoms in total. The Morgan fingerprint density at radius 3 is 2.40 bits per heavy atom. The first-order valence-corrected chi connectivity index (χ1v) is 7.17. The van der Waals surface area contributed by atoms with E-state index < -0.39 is 12.0 Å². The lowest BCUT2D eigenvalue weighted by Crippen LogP contribution is -2.30. The Morgan fingerprint density at radius 1 is 1.20 bits per heavy atom. The van der Waals surface area contributed by atoms with Crippen LogP contribution in [0.15, 0.2) is 12.1 Å². The number of carbonyl (C=O) groups excluding carboxylic acids is 2. The minimum atomic E-state index is -0.895. The van der Waals surface area contributed by atoms with Gasteiger partial charge in [0.05, 0.1) is 26.7 Å². The molecule has 0 unspecified atom stereocenters. The fraction of sp³-hybridized carbons (Fsp3) is 0.385.